The van der Waals surface area contributed by atoms with Crippen LogP contribution >= 0.6 is 0 Å². The van der Waals surface area contributed by atoms with Crippen LogP contribution in [0.3, 0.4) is 0 Å². The van der Waals surface area contributed by atoms with Crippen LogP contribution in [-0.2, 0) is 10.0 Å². The van der Waals surface area contributed by atoms with E-state index in [0.29, 0.717) is 6.04 Å². The van der Waals surface area contributed by atoms with Gasteiger partial charge in [0, 0.05) is 37.6 Å². The molecule has 2 N–H and O–H groups in total. The van der Waals surface area contributed by atoms with Gasteiger partial charge in [-0.15, -0.1) is 0 Å². The third-order valence-electron chi connectivity index (χ3n) is 3.70. The van der Waals surface area contributed by atoms with E-state index < -0.39 is 10.0 Å². The molecule has 0 spiro atoms. The summed E-state index contributed by atoms with van der Waals surface area (Å²) in [5, 5.41) is 3.39. The smallest absolute Gasteiger partial charge is 0.263 e. The molecule has 1 unspecified atom stereocenters. The molecule has 1 aliphatic rings. The highest BCUT2D eigenvalue weighted by Gasteiger charge is 2.18. The first-order valence-electron chi connectivity index (χ1n) is 7.42. The van der Waals surface area contributed by atoms with Gasteiger partial charge in [0.15, 0.2) is 0 Å². The number of hydrogen-bond donors (Lipinski definition) is 2. The molecule has 2 heterocycles. The van der Waals surface area contributed by atoms with Crippen molar-refractivity contribution in [3.63, 3.8) is 0 Å². The zero-order chi connectivity index (χ0) is 16.3. The highest BCUT2D eigenvalue weighted by atomic mass is 32.2. The second kappa shape index (κ2) is 6.51. The zero-order valence-corrected chi connectivity index (χ0v) is 13.6. The highest BCUT2D eigenvalue weighted by molar-refractivity contribution is 7.92. The van der Waals surface area contributed by atoms with Gasteiger partial charge in [-0.1, -0.05) is 0 Å². The number of nitrogens with zero attached hydrogens (tertiary/aromatic N) is 3. The number of aromatic nitrogens is 2. The lowest BCUT2D eigenvalue weighted by Crippen LogP contribution is -2.49. The summed E-state index contributed by atoms with van der Waals surface area (Å²) in [6.07, 6.45) is 2.78. The summed E-state index contributed by atoms with van der Waals surface area (Å²) in [6.45, 7) is 4.88. The quantitative estimate of drug-likeness (QED) is 0.870. The van der Waals surface area contributed by atoms with Crippen LogP contribution < -0.4 is 14.9 Å². The largest absolute Gasteiger partial charge is 0.369 e. The fourth-order valence-corrected chi connectivity index (χ4v) is 3.56. The van der Waals surface area contributed by atoms with Crippen LogP contribution in [0.25, 0.3) is 0 Å². The summed E-state index contributed by atoms with van der Waals surface area (Å²) in [5.74, 6) is 0.250. The van der Waals surface area contributed by atoms with Crippen molar-refractivity contribution in [3.05, 3.63) is 42.9 Å². The minimum absolute atomic E-state index is 0.211. The third-order valence-corrected chi connectivity index (χ3v) is 5.07. The maximum atomic E-state index is 12.3. The molecular formula is C15H19N5O2S. The van der Waals surface area contributed by atoms with Crippen molar-refractivity contribution in [3.8, 4) is 0 Å². The fraction of sp³-hybridized carbons (Fsp3) is 0.333. The van der Waals surface area contributed by atoms with E-state index in [1.807, 2.05) is 12.1 Å². The van der Waals surface area contributed by atoms with Gasteiger partial charge in [0.1, 0.15) is 12.1 Å². The standard InChI is InChI=1S/C15H19N5O2S/c1-12-10-20(9-8-17-12)13-2-4-14(5-3-13)23(21,22)19-15-6-7-16-11-18-15/h2-7,11-12,17H,8-10H2,1H3,(H,16,18,19). The van der Waals surface area contributed by atoms with E-state index in [4.69, 9.17) is 0 Å². The van der Waals surface area contributed by atoms with E-state index in [-0.39, 0.29) is 10.7 Å². The predicted molar refractivity (Wildman–Crippen MR) is 89.0 cm³/mol. The van der Waals surface area contributed by atoms with Crippen LogP contribution in [0.2, 0.25) is 0 Å². The Hall–Kier alpha value is -2.19. The fourth-order valence-electron chi connectivity index (χ4n) is 2.55. The average Bonchev–Trinajstić information content (AvgIpc) is 2.55. The van der Waals surface area contributed by atoms with Crippen LogP contribution in [0.15, 0.2) is 47.8 Å². The molecule has 1 aliphatic heterocycles. The van der Waals surface area contributed by atoms with E-state index in [9.17, 15) is 8.42 Å². The van der Waals surface area contributed by atoms with Gasteiger partial charge in [0.2, 0.25) is 0 Å². The molecule has 0 amide bonds. The topological polar surface area (TPSA) is 87.2 Å². The Morgan fingerprint density at radius 3 is 2.70 bits per heavy atom. The van der Waals surface area contributed by atoms with Crippen LogP contribution in [0.1, 0.15) is 6.92 Å². The summed E-state index contributed by atoms with van der Waals surface area (Å²) in [5.41, 5.74) is 1.03. The predicted octanol–water partition coefficient (Wildman–Crippen LogP) is 1.08. The molecule has 1 fully saturated rings. The SMILES string of the molecule is CC1CN(c2ccc(S(=O)(=O)Nc3ccncn3)cc2)CCN1. The Balaban J connectivity index is 1.76. The van der Waals surface area contributed by atoms with Crippen molar-refractivity contribution >= 4 is 21.5 Å². The molecule has 8 heteroatoms. The molecule has 0 aliphatic carbocycles. The second-order valence-electron chi connectivity index (χ2n) is 5.50. The Labute approximate surface area is 135 Å². The number of anilines is 2. The van der Waals surface area contributed by atoms with Crippen molar-refractivity contribution in [2.45, 2.75) is 17.9 Å². The zero-order valence-electron chi connectivity index (χ0n) is 12.8. The van der Waals surface area contributed by atoms with Crippen molar-refractivity contribution < 1.29 is 8.42 Å². The number of rotatable bonds is 4. The molecular weight excluding hydrogens is 314 g/mol. The van der Waals surface area contributed by atoms with Crippen LogP contribution in [0.4, 0.5) is 11.5 Å². The van der Waals surface area contributed by atoms with E-state index in [2.05, 4.69) is 31.8 Å². The number of hydrogen-bond acceptors (Lipinski definition) is 6. The molecule has 1 aromatic heterocycles. The number of benzene rings is 1. The van der Waals surface area contributed by atoms with Gasteiger partial charge >= 0.3 is 0 Å². The lowest BCUT2D eigenvalue weighted by molar-refractivity contribution is 0.485. The molecule has 1 atom stereocenters. The second-order valence-corrected chi connectivity index (χ2v) is 7.18. The summed E-state index contributed by atoms with van der Waals surface area (Å²) in [7, 11) is -3.64. The molecule has 2 aromatic rings. The normalized spacial score (nSPS) is 18.7. The van der Waals surface area contributed by atoms with Crippen molar-refractivity contribution in [2.24, 2.45) is 0 Å². The summed E-state index contributed by atoms with van der Waals surface area (Å²) < 4.78 is 27.1. The lowest BCUT2D eigenvalue weighted by atomic mass is 10.2. The minimum atomic E-state index is -3.64. The van der Waals surface area contributed by atoms with Gasteiger partial charge in [0.25, 0.3) is 10.0 Å². The van der Waals surface area contributed by atoms with Gasteiger partial charge < -0.3 is 10.2 Å². The monoisotopic (exact) mass is 333 g/mol. The van der Waals surface area contributed by atoms with Gasteiger partial charge in [-0.25, -0.2) is 18.4 Å². The summed E-state index contributed by atoms with van der Waals surface area (Å²) in [6, 6.07) is 8.84. The lowest BCUT2D eigenvalue weighted by Gasteiger charge is -2.33. The summed E-state index contributed by atoms with van der Waals surface area (Å²) in [4.78, 5) is 10.1. The van der Waals surface area contributed by atoms with Gasteiger partial charge in [-0.3, -0.25) is 4.72 Å². The van der Waals surface area contributed by atoms with Gasteiger partial charge in [-0.2, -0.15) is 0 Å². The highest BCUT2D eigenvalue weighted by Crippen LogP contribution is 2.20. The molecule has 1 aromatic carbocycles. The number of sulfonamides is 1. The molecule has 0 saturated carbocycles. The maximum Gasteiger partial charge on any atom is 0.263 e. The van der Waals surface area contributed by atoms with Gasteiger partial charge in [0.05, 0.1) is 4.90 Å². The summed E-state index contributed by atoms with van der Waals surface area (Å²) >= 11 is 0. The maximum absolute atomic E-state index is 12.3. The van der Waals surface area contributed by atoms with E-state index in [1.54, 1.807) is 12.1 Å². The first-order valence-corrected chi connectivity index (χ1v) is 8.90. The van der Waals surface area contributed by atoms with Crippen LogP contribution in [0, 0.1) is 0 Å². The van der Waals surface area contributed by atoms with Crippen LogP contribution in [0.5, 0.6) is 0 Å². The molecule has 7 nitrogen and oxygen atoms in total. The number of piperazine rings is 1. The first kappa shape index (κ1) is 15.7. The van der Waals surface area contributed by atoms with Crippen LogP contribution in [-0.4, -0.2) is 44.1 Å². The minimum Gasteiger partial charge on any atom is -0.369 e. The molecule has 1 saturated heterocycles. The van der Waals surface area contributed by atoms with E-state index in [1.165, 1.54) is 18.6 Å². The molecule has 23 heavy (non-hydrogen) atoms. The third kappa shape index (κ3) is 3.77. The Kier molecular flexibility index (Phi) is 4.44. The molecule has 3 rings (SSSR count). The van der Waals surface area contributed by atoms with Crippen molar-refractivity contribution in [1.82, 2.24) is 15.3 Å². The Morgan fingerprint density at radius 2 is 2.04 bits per heavy atom. The van der Waals surface area contributed by atoms with Crippen molar-refractivity contribution in [1.29, 1.82) is 0 Å². The van der Waals surface area contributed by atoms with E-state index in [0.717, 1.165) is 25.3 Å². The molecule has 122 valence electrons. The number of nitrogens with one attached hydrogen (secondary N) is 2. The molecule has 0 radical (unpaired) electrons. The molecule has 0 bridgehead atoms. The average molecular weight is 333 g/mol. The Bertz CT molecular complexity index is 749. The Morgan fingerprint density at radius 1 is 1.26 bits per heavy atom. The van der Waals surface area contributed by atoms with Gasteiger partial charge in [-0.05, 0) is 37.3 Å². The van der Waals surface area contributed by atoms with Crippen molar-refractivity contribution in [2.75, 3.05) is 29.3 Å². The first-order chi connectivity index (χ1) is 11.0. The van der Waals surface area contributed by atoms with E-state index >= 15 is 0 Å².